The van der Waals surface area contributed by atoms with Crippen LogP contribution < -0.4 is 4.90 Å². The summed E-state index contributed by atoms with van der Waals surface area (Å²) in [6.07, 6.45) is 5.04. The van der Waals surface area contributed by atoms with E-state index in [2.05, 4.69) is 12.2 Å². The first-order valence-corrected chi connectivity index (χ1v) is 6.52. The number of imide groups is 1. The first-order valence-electron chi connectivity index (χ1n) is 6.52. The summed E-state index contributed by atoms with van der Waals surface area (Å²) < 4.78 is 0. The molecule has 96 valence electrons. The van der Waals surface area contributed by atoms with Crippen molar-refractivity contribution < 1.29 is 14.7 Å². The molecule has 2 bridgehead atoms. The lowest BCUT2D eigenvalue weighted by Crippen LogP contribution is -2.32. The van der Waals surface area contributed by atoms with Gasteiger partial charge in [-0.3, -0.25) is 9.59 Å². The fourth-order valence-electron chi connectivity index (χ4n) is 3.79. The van der Waals surface area contributed by atoms with Crippen LogP contribution in [0, 0.1) is 23.7 Å². The van der Waals surface area contributed by atoms with E-state index in [1.165, 1.54) is 11.0 Å². The van der Waals surface area contributed by atoms with E-state index in [0.29, 0.717) is 5.69 Å². The van der Waals surface area contributed by atoms with Crippen molar-refractivity contribution in [1.29, 1.82) is 0 Å². The standard InChI is InChI=1S/C15H13NO3/c17-11-4-2-1-3-10(11)16-14(18)12-8-5-6-9(7-8)13(12)15(16)19/h1-6,8-9,12-13,17H,7H2/t8-,9-,12-,13+/m0/s1. The van der Waals surface area contributed by atoms with Gasteiger partial charge in [-0.05, 0) is 30.4 Å². The average molecular weight is 255 g/mol. The molecule has 1 aromatic rings. The normalized spacial score (nSPS) is 35.3. The second kappa shape index (κ2) is 3.47. The van der Waals surface area contributed by atoms with E-state index in [1.54, 1.807) is 18.2 Å². The Hall–Kier alpha value is -2.10. The van der Waals surface area contributed by atoms with Crippen LogP contribution in [0.2, 0.25) is 0 Å². The summed E-state index contributed by atoms with van der Waals surface area (Å²) in [5.41, 5.74) is 0.311. The van der Waals surface area contributed by atoms with Gasteiger partial charge in [-0.1, -0.05) is 24.3 Å². The molecule has 0 aromatic heterocycles. The van der Waals surface area contributed by atoms with Gasteiger partial charge in [0.2, 0.25) is 11.8 Å². The van der Waals surface area contributed by atoms with Crippen molar-refractivity contribution >= 4 is 17.5 Å². The highest BCUT2D eigenvalue weighted by molar-refractivity contribution is 6.23. The molecule has 4 heteroatoms. The van der Waals surface area contributed by atoms with Crippen LogP contribution in [0.25, 0.3) is 0 Å². The summed E-state index contributed by atoms with van der Waals surface area (Å²) in [6.45, 7) is 0. The zero-order valence-corrected chi connectivity index (χ0v) is 10.2. The number of allylic oxidation sites excluding steroid dienone is 2. The number of carbonyl (C=O) groups is 2. The lowest BCUT2D eigenvalue weighted by molar-refractivity contribution is -0.123. The molecule has 3 aliphatic rings. The Kier molecular flexibility index (Phi) is 1.97. The Morgan fingerprint density at radius 3 is 2.16 bits per heavy atom. The highest BCUT2D eigenvalue weighted by atomic mass is 16.3. The molecular formula is C15H13NO3. The van der Waals surface area contributed by atoms with E-state index < -0.39 is 0 Å². The number of anilines is 1. The number of amides is 2. The van der Waals surface area contributed by atoms with E-state index >= 15 is 0 Å². The first kappa shape index (κ1) is 10.8. The van der Waals surface area contributed by atoms with Crippen LogP contribution in [-0.2, 0) is 9.59 Å². The molecule has 19 heavy (non-hydrogen) atoms. The number of phenols is 1. The third-order valence-corrected chi connectivity index (χ3v) is 4.59. The summed E-state index contributed by atoms with van der Waals surface area (Å²) in [7, 11) is 0. The number of nitrogens with zero attached hydrogens (tertiary/aromatic N) is 1. The SMILES string of the molecule is O=C1[C@@H]2[C@H](C(=O)N1c1ccccc1O)[C@H]1C=C[C@H]2C1. The number of rotatable bonds is 1. The molecule has 4 nitrogen and oxygen atoms in total. The van der Waals surface area contributed by atoms with Gasteiger partial charge in [-0.25, -0.2) is 4.90 Å². The number of hydrogen-bond acceptors (Lipinski definition) is 3. The van der Waals surface area contributed by atoms with Crippen molar-refractivity contribution in [2.45, 2.75) is 6.42 Å². The van der Waals surface area contributed by atoms with Crippen molar-refractivity contribution in [2.24, 2.45) is 23.7 Å². The predicted molar refractivity (Wildman–Crippen MR) is 68.3 cm³/mol. The Morgan fingerprint density at radius 2 is 1.58 bits per heavy atom. The number of para-hydroxylation sites is 2. The molecule has 1 aliphatic heterocycles. The molecule has 1 aromatic carbocycles. The third kappa shape index (κ3) is 1.23. The smallest absolute Gasteiger partial charge is 0.238 e. The lowest BCUT2D eigenvalue weighted by Gasteiger charge is -2.18. The molecule has 2 amide bonds. The van der Waals surface area contributed by atoms with Crippen molar-refractivity contribution in [1.82, 2.24) is 0 Å². The second-order valence-electron chi connectivity index (χ2n) is 5.50. The van der Waals surface area contributed by atoms with Crippen molar-refractivity contribution in [2.75, 3.05) is 4.90 Å². The van der Waals surface area contributed by atoms with Gasteiger partial charge in [-0.2, -0.15) is 0 Å². The molecule has 1 saturated carbocycles. The quantitative estimate of drug-likeness (QED) is 0.614. The van der Waals surface area contributed by atoms with Crippen LogP contribution in [0.15, 0.2) is 36.4 Å². The molecular weight excluding hydrogens is 242 g/mol. The van der Waals surface area contributed by atoms with E-state index in [0.717, 1.165) is 6.42 Å². The molecule has 2 fully saturated rings. The molecule has 1 N–H and O–H groups in total. The molecule has 4 atom stereocenters. The molecule has 0 spiro atoms. The lowest BCUT2D eigenvalue weighted by atomic mass is 9.85. The number of carbonyl (C=O) groups excluding carboxylic acids is 2. The Bertz CT molecular complexity index is 592. The first-order chi connectivity index (χ1) is 9.18. The third-order valence-electron chi connectivity index (χ3n) is 4.59. The van der Waals surface area contributed by atoms with Gasteiger partial charge in [0.05, 0.1) is 17.5 Å². The zero-order chi connectivity index (χ0) is 13.1. The fourth-order valence-corrected chi connectivity index (χ4v) is 3.79. The van der Waals surface area contributed by atoms with Crippen molar-refractivity contribution in [3.05, 3.63) is 36.4 Å². The molecule has 0 unspecified atom stereocenters. The number of phenolic OH excluding ortho intramolecular Hbond substituents is 1. The minimum atomic E-state index is -0.220. The predicted octanol–water partition coefficient (Wildman–Crippen LogP) is 1.70. The topological polar surface area (TPSA) is 57.6 Å². The molecule has 1 saturated heterocycles. The average Bonchev–Trinajstić information content (AvgIpc) is 3.06. The fraction of sp³-hybridized carbons (Fsp3) is 0.333. The summed E-state index contributed by atoms with van der Waals surface area (Å²) in [6, 6.07) is 6.50. The van der Waals surface area contributed by atoms with Crippen LogP contribution >= 0.6 is 0 Å². The second-order valence-corrected chi connectivity index (χ2v) is 5.50. The van der Waals surface area contributed by atoms with Gasteiger partial charge in [0.25, 0.3) is 0 Å². The Balaban J connectivity index is 1.79. The highest BCUT2D eigenvalue weighted by Crippen LogP contribution is 2.53. The van der Waals surface area contributed by atoms with Crippen LogP contribution in [0.5, 0.6) is 5.75 Å². The van der Waals surface area contributed by atoms with Gasteiger partial charge < -0.3 is 5.11 Å². The summed E-state index contributed by atoms with van der Waals surface area (Å²) in [5.74, 6) is -0.389. The van der Waals surface area contributed by atoms with Crippen molar-refractivity contribution in [3.8, 4) is 5.75 Å². The number of hydrogen-bond donors (Lipinski definition) is 1. The molecule has 0 radical (unpaired) electrons. The summed E-state index contributed by atoms with van der Waals surface area (Å²) in [5, 5.41) is 9.86. The van der Waals surface area contributed by atoms with E-state index in [4.69, 9.17) is 0 Å². The summed E-state index contributed by atoms with van der Waals surface area (Å²) in [4.78, 5) is 26.2. The maximum Gasteiger partial charge on any atom is 0.238 e. The van der Waals surface area contributed by atoms with Gasteiger partial charge >= 0.3 is 0 Å². The van der Waals surface area contributed by atoms with Gasteiger partial charge in [0.15, 0.2) is 0 Å². The maximum atomic E-state index is 12.5. The minimum absolute atomic E-state index is 0.0236. The van der Waals surface area contributed by atoms with Crippen LogP contribution in [0.1, 0.15) is 6.42 Å². The highest BCUT2D eigenvalue weighted by Gasteiger charge is 2.59. The van der Waals surface area contributed by atoms with Gasteiger partial charge in [0.1, 0.15) is 5.75 Å². The zero-order valence-electron chi connectivity index (χ0n) is 10.2. The molecule has 4 rings (SSSR count). The van der Waals surface area contributed by atoms with Crippen molar-refractivity contribution in [3.63, 3.8) is 0 Å². The van der Waals surface area contributed by atoms with Gasteiger partial charge in [0, 0.05) is 0 Å². The maximum absolute atomic E-state index is 12.5. The van der Waals surface area contributed by atoms with E-state index in [-0.39, 0.29) is 41.2 Å². The van der Waals surface area contributed by atoms with E-state index in [1.807, 2.05) is 0 Å². The summed E-state index contributed by atoms with van der Waals surface area (Å²) >= 11 is 0. The monoisotopic (exact) mass is 255 g/mol. The molecule has 1 heterocycles. The van der Waals surface area contributed by atoms with Crippen LogP contribution in [0.4, 0.5) is 5.69 Å². The number of fused-ring (bicyclic) bond motifs is 5. The Morgan fingerprint density at radius 1 is 1.00 bits per heavy atom. The Labute approximate surface area is 110 Å². The van der Waals surface area contributed by atoms with Crippen LogP contribution in [0.3, 0.4) is 0 Å². The van der Waals surface area contributed by atoms with Crippen LogP contribution in [-0.4, -0.2) is 16.9 Å². The van der Waals surface area contributed by atoms with E-state index in [9.17, 15) is 14.7 Å². The number of aromatic hydroxyl groups is 1. The number of benzene rings is 1. The minimum Gasteiger partial charge on any atom is -0.506 e. The molecule has 2 aliphatic carbocycles. The van der Waals surface area contributed by atoms with Gasteiger partial charge in [-0.15, -0.1) is 0 Å². The largest absolute Gasteiger partial charge is 0.506 e.